The lowest BCUT2D eigenvalue weighted by molar-refractivity contribution is 0.102. The molecular weight excluding hydrogens is 266 g/mol. The lowest BCUT2D eigenvalue weighted by Gasteiger charge is -2.14. The van der Waals surface area contributed by atoms with Crippen molar-refractivity contribution in [3.8, 4) is 0 Å². The number of fused-ring (bicyclic) bond motifs is 1. The number of thiophene rings is 1. The van der Waals surface area contributed by atoms with Crippen molar-refractivity contribution in [2.24, 2.45) is 0 Å². The molecule has 0 spiro atoms. The molecule has 0 saturated heterocycles. The van der Waals surface area contributed by atoms with E-state index >= 15 is 0 Å². The second-order valence-electron chi connectivity index (χ2n) is 5.46. The molecule has 0 bridgehead atoms. The van der Waals surface area contributed by atoms with Gasteiger partial charge in [0.05, 0.1) is 5.56 Å². The van der Waals surface area contributed by atoms with Gasteiger partial charge in [-0.2, -0.15) is 0 Å². The van der Waals surface area contributed by atoms with Gasteiger partial charge < -0.3 is 5.32 Å². The molecule has 1 amide bonds. The van der Waals surface area contributed by atoms with Crippen LogP contribution < -0.4 is 5.32 Å². The highest BCUT2D eigenvalue weighted by molar-refractivity contribution is 7.10. The molecule has 0 fully saturated rings. The largest absolute Gasteiger partial charge is 0.322 e. The summed E-state index contributed by atoms with van der Waals surface area (Å²) in [6.07, 6.45) is 4.64. The maximum Gasteiger partial charge on any atom is 0.256 e. The van der Waals surface area contributed by atoms with Crippen LogP contribution in [0.1, 0.15) is 44.8 Å². The van der Waals surface area contributed by atoms with Gasteiger partial charge in [0, 0.05) is 15.9 Å². The third-order valence-corrected chi connectivity index (χ3v) is 5.25. The molecule has 3 rings (SSSR count). The van der Waals surface area contributed by atoms with Crippen molar-refractivity contribution in [1.29, 1.82) is 0 Å². The van der Waals surface area contributed by atoms with Gasteiger partial charge in [0.15, 0.2) is 0 Å². The Hall–Kier alpha value is -1.61. The summed E-state index contributed by atoms with van der Waals surface area (Å²) in [6, 6.07) is 6.03. The molecule has 1 aromatic heterocycles. The first-order valence-electron chi connectivity index (χ1n) is 7.13. The zero-order valence-corrected chi connectivity index (χ0v) is 12.8. The molecule has 3 heteroatoms. The zero-order chi connectivity index (χ0) is 14.1. The van der Waals surface area contributed by atoms with Gasteiger partial charge in [-0.15, -0.1) is 11.3 Å². The summed E-state index contributed by atoms with van der Waals surface area (Å²) in [5.41, 5.74) is 5.43. The number of hydrogen-bond donors (Lipinski definition) is 1. The van der Waals surface area contributed by atoms with Gasteiger partial charge in [-0.25, -0.2) is 0 Å². The number of carbonyl (C=O) groups excluding carboxylic acids is 1. The molecule has 1 heterocycles. The van der Waals surface area contributed by atoms with Crippen molar-refractivity contribution in [2.45, 2.75) is 39.5 Å². The molecule has 2 nitrogen and oxygen atoms in total. The van der Waals surface area contributed by atoms with Crippen molar-refractivity contribution >= 4 is 22.9 Å². The molecule has 20 heavy (non-hydrogen) atoms. The molecule has 2 aromatic rings. The summed E-state index contributed by atoms with van der Waals surface area (Å²) in [5, 5.41) is 5.10. The Balaban J connectivity index is 1.86. The summed E-state index contributed by atoms with van der Waals surface area (Å²) < 4.78 is 0. The number of aryl methyl sites for hydroxylation is 2. The lowest BCUT2D eigenvalue weighted by atomic mass is 9.95. The van der Waals surface area contributed by atoms with Crippen LogP contribution in [0.3, 0.4) is 0 Å². The molecule has 1 aliphatic carbocycles. The predicted molar refractivity (Wildman–Crippen MR) is 84.8 cm³/mol. The summed E-state index contributed by atoms with van der Waals surface area (Å²) in [4.78, 5) is 13.9. The monoisotopic (exact) mass is 285 g/mol. The van der Waals surface area contributed by atoms with E-state index in [0.717, 1.165) is 29.7 Å². The van der Waals surface area contributed by atoms with E-state index < -0.39 is 0 Å². The molecule has 0 atom stereocenters. The highest BCUT2D eigenvalue weighted by Gasteiger charge is 2.20. The van der Waals surface area contributed by atoms with Crippen LogP contribution in [0.25, 0.3) is 0 Å². The van der Waals surface area contributed by atoms with E-state index in [1.165, 1.54) is 28.8 Å². The van der Waals surface area contributed by atoms with E-state index in [2.05, 4.69) is 18.3 Å². The van der Waals surface area contributed by atoms with Crippen LogP contribution in [0.4, 0.5) is 5.69 Å². The maximum atomic E-state index is 12.5. The van der Waals surface area contributed by atoms with Gasteiger partial charge in [0.1, 0.15) is 0 Å². The predicted octanol–water partition coefficient (Wildman–Crippen LogP) is 4.50. The molecule has 0 radical (unpaired) electrons. The van der Waals surface area contributed by atoms with E-state index in [9.17, 15) is 4.79 Å². The molecular formula is C17H19NOS. The fourth-order valence-corrected chi connectivity index (χ4v) is 3.89. The fourth-order valence-electron chi connectivity index (χ4n) is 2.76. The molecule has 1 aromatic carbocycles. The zero-order valence-electron chi connectivity index (χ0n) is 12.0. The van der Waals surface area contributed by atoms with Crippen LogP contribution >= 0.6 is 11.3 Å². The number of carbonyl (C=O) groups is 1. The quantitative estimate of drug-likeness (QED) is 0.865. The molecule has 0 unspecified atom stereocenters. The normalized spacial score (nSPS) is 13.9. The number of amides is 1. The van der Waals surface area contributed by atoms with Gasteiger partial charge in [0.25, 0.3) is 5.91 Å². The second kappa shape index (κ2) is 5.41. The van der Waals surface area contributed by atoms with Gasteiger partial charge in [-0.05, 0) is 62.3 Å². The van der Waals surface area contributed by atoms with E-state index in [1.54, 1.807) is 11.3 Å². The Morgan fingerprint density at radius 2 is 2.00 bits per heavy atom. The maximum absolute atomic E-state index is 12.5. The summed E-state index contributed by atoms with van der Waals surface area (Å²) in [5.74, 6) is 0.0399. The Morgan fingerprint density at radius 1 is 1.20 bits per heavy atom. The van der Waals surface area contributed by atoms with Gasteiger partial charge >= 0.3 is 0 Å². The smallest absolute Gasteiger partial charge is 0.256 e. The van der Waals surface area contributed by atoms with Gasteiger partial charge in [-0.1, -0.05) is 12.1 Å². The summed E-state index contributed by atoms with van der Waals surface area (Å²) in [6.45, 7) is 4.12. The topological polar surface area (TPSA) is 29.1 Å². The highest BCUT2D eigenvalue weighted by atomic mass is 32.1. The summed E-state index contributed by atoms with van der Waals surface area (Å²) >= 11 is 1.74. The minimum Gasteiger partial charge on any atom is -0.322 e. The van der Waals surface area contributed by atoms with Crippen LogP contribution in [0, 0.1) is 13.8 Å². The molecule has 1 N–H and O–H groups in total. The molecule has 0 saturated carbocycles. The van der Waals surface area contributed by atoms with E-state index in [0.29, 0.717) is 0 Å². The summed E-state index contributed by atoms with van der Waals surface area (Å²) in [7, 11) is 0. The Labute approximate surface area is 123 Å². The molecule has 0 aliphatic heterocycles. The van der Waals surface area contributed by atoms with Gasteiger partial charge in [0.2, 0.25) is 0 Å². The second-order valence-corrected chi connectivity index (χ2v) is 6.42. The van der Waals surface area contributed by atoms with E-state index in [1.807, 2.05) is 24.4 Å². The van der Waals surface area contributed by atoms with Crippen molar-refractivity contribution in [2.75, 3.05) is 5.32 Å². The average molecular weight is 285 g/mol. The van der Waals surface area contributed by atoms with Crippen molar-refractivity contribution in [3.63, 3.8) is 0 Å². The van der Waals surface area contributed by atoms with E-state index in [4.69, 9.17) is 0 Å². The average Bonchev–Trinajstić information content (AvgIpc) is 2.88. The number of benzene rings is 1. The lowest BCUT2D eigenvalue weighted by Crippen LogP contribution is -2.15. The number of hydrogen-bond acceptors (Lipinski definition) is 2. The molecule has 104 valence electrons. The first-order valence-corrected chi connectivity index (χ1v) is 8.01. The minimum atomic E-state index is 0.0399. The van der Waals surface area contributed by atoms with E-state index in [-0.39, 0.29) is 5.91 Å². The third kappa shape index (κ3) is 2.38. The molecule has 1 aliphatic rings. The fraction of sp³-hybridized carbons (Fsp3) is 0.353. The van der Waals surface area contributed by atoms with Crippen molar-refractivity contribution < 1.29 is 4.79 Å². The number of nitrogens with one attached hydrogen (secondary N) is 1. The first-order chi connectivity index (χ1) is 9.66. The van der Waals surface area contributed by atoms with Crippen LogP contribution in [0.15, 0.2) is 23.6 Å². The highest BCUT2D eigenvalue weighted by Crippen LogP contribution is 2.31. The standard InChI is InChI=1S/C17H19NOS/c1-11-6-5-8-15(12(11)2)18-17(19)14-10-20-16-9-4-3-7-13(14)16/h5-6,8,10H,3-4,7,9H2,1-2H3,(H,18,19). The Kier molecular flexibility index (Phi) is 3.62. The first kappa shape index (κ1) is 13.4. The van der Waals surface area contributed by atoms with Crippen LogP contribution in [-0.4, -0.2) is 5.91 Å². The Morgan fingerprint density at radius 3 is 2.85 bits per heavy atom. The number of anilines is 1. The van der Waals surface area contributed by atoms with Crippen LogP contribution in [0.5, 0.6) is 0 Å². The van der Waals surface area contributed by atoms with Crippen LogP contribution in [-0.2, 0) is 12.8 Å². The van der Waals surface area contributed by atoms with Crippen molar-refractivity contribution in [3.05, 3.63) is 50.7 Å². The van der Waals surface area contributed by atoms with Gasteiger partial charge in [-0.3, -0.25) is 4.79 Å². The Bertz CT molecular complexity index is 657. The van der Waals surface area contributed by atoms with Crippen molar-refractivity contribution in [1.82, 2.24) is 0 Å². The third-order valence-electron chi connectivity index (χ3n) is 4.16. The van der Waals surface area contributed by atoms with Crippen LogP contribution in [0.2, 0.25) is 0 Å². The minimum absolute atomic E-state index is 0.0399. The number of rotatable bonds is 2. The SMILES string of the molecule is Cc1cccc(NC(=O)c2csc3c2CCCC3)c1C.